The predicted octanol–water partition coefficient (Wildman–Crippen LogP) is 3.37. The van der Waals surface area contributed by atoms with Crippen molar-refractivity contribution in [3.63, 3.8) is 0 Å². The molecule has 122 valence electrons. The molecule has 7 heteroatoms. The van der Waals surface area contributed by atoms with Crippen LogP contribution in [0.5, 0.6) is 0 Å². The Kier molecular flexibility index (Phi) is 5.39. The molecule has 0 fully saturated rings. The number of aromatic amines is 1. The van der Waals surface area contributed by atoms with Gasteiger partial charge >= 0.3 is 5.97 Å². The lowest BCUT2D eigenvalue weighted by molar-refractivity contribution is -0.123. The fourth-order valence-corrected chi connectivity index (χ4v) is 2.01. The number of nitrogens with zero attached hydrogens (tertiary/aromatic N) is 1. The molecule has 0 radical (unpaired) electrons. The summed E-state index contributed by atoms with van der Waals surface area (Å²) >= 11 is 5.85. The Morgan fingerprint density at radius 1 is 1.30 bits per heavy atom. The highest BCUT2D eigenvalue weighted by atomic mass is 35.5. The van der Waals surface area contributed by atoms with Crippen molar-refractivity contribution in [3.05, 3.63) is 47.0 Å². The maximum Gasteiger partial charge on any atom is 0.357 e. The second-order valence-electron chi connectivity index (χ2n) is 5.38. The molecule has 0 spiro atoms. The number of esters is 1. The van der Waals surface area contributed by atoms with Gasteiger partial charge in [0.1, 0.15) is 11.5 Å². The molecule has 1 heterocycles. The second kappa shape index (κ2) is 7.28. The first kappa shape index (κ1) is 17.0. The van der Waals surface area contributed by atoms with E-state index in [1.54, 1.807) is 24.3 Å². The minimum absolute atomic E-state index is 0.167. The zero-order valence-corrected chi connectivity index (χ0v) is 13.8. The van der Waals surface area contributed by atoms with E-state index < -0.39 is 18.0 Å². The van der Waals surface area contributed by atoms with Crippen molar-refractivity contribution >= 4 is 29.2 Å². The molecule has 0 aliphatic rings. The number of H-pyrrole nitrogens is 1. The molecule has 6 nitrogen and oxygen atoms in total. The average molecular weight is 336 g/mol. The third kappa shape index (κ3) is 4.56. The molecule has 0 bridgehead atoms. The van der Waals surface area contributed by atoms with E-state index in [-0.39, 0.29) is 11.6 Å². The van der Waals surface area contributed by atoms with E-state index in [0.717, 1.165) is 0 Å². The number of anilines is 1. The molecule has 0 aliphatic carbocycles. The number of nitrogens with one attached hydrogen (secondary N) is 2. The van der Waals surface area contributed by atoms with Crippen LogP contribution in [0.3, 0.4) is 0 Å². The first-order valence-corrected chi connectivity index (χ1v) is 7.57. The van der Waals surface area contributed by atoms with E-state index in [1.807, 2.05) is 13.8 Å². The van der Waals surface area contributed by atoms with E-state index in [4.69, 9.17) is 16.3 Å². The molecular weight excluding hydrogens is 318 g/mol. The van der Waals surface area contributed by atoms with Crippen molar-refractivity contribution in [2.45, 2.75) is 32.8 Å². The van der Waals surface area contributed by atoms with Gasteiger partial charge in [-0.05, 0) is 25.1 Å². The van der Waals surface area contributed by atoms with Gasteiger partial charge < -0.3 is 15.0 Å². The van der Waals surface area contributed by atoms with Gasteiger partial charge in [0, 0.05) is 16.6 Å². The minimum Gasteiger partial charge on any atom is -0.448 e. The third-order valence-corrected chi connectivity index (χ3v) is 3.34. The van der Waals surface area contributed by atoms with Crippen molar-refractivity contribution in [1.82, 2.24) is 9.97 Å². The largest absolute Gasteiger partial charge is 0.448 e. The second-order valence-corrected chi connectivity index (χ2v) is 5.82. The smallest absolute Gasteiger partial charge is 0.357 e. The lowest BCUT2D eigenvalue weighted by Gasteiger charge is -2.13. The van der Waals surface area contributed by atoms with E-state index in [0.29, 0.717) is 16.5 Å². The highest BCUT2D eigenvalue weighted by Gasteiger charge is 2.21. The molecule has 1 atom stereocenters. The Balaban J connectivity index is 1.95. The molecule has 1 aromatic carbocycles. The Morgan fingerprint density at radius 3 is 2.65 bits per heavy atom. The monoisotopic (exact) mass is 335 g/mol. The van der Waals surface area contributed by atoms with Crippen LogP contribution in [0.2, 0.25) is 5.02 Å². The lowest BCUT2D eigenvalue weighted by Crippen LogP contribution is -2.30. The molecule has 1 aromatic heterocycles. The van der Waals surface area contributed by atoms with Crippen LogP contribution in [0.15, 0.2) is 30.5 Å². The van der Waals surface area contributed by atoms with Gasteiger partial charge in [-0.2, -0.15) is 0 Å². The van der Waals surface area contributed by atoms with Crippen molar-refractivity contribution in [2.24, 2.45) is 0 Å². The summed E-state index contributed by atoms with van der Waals surface area (Å²) in [5.74, 6) is -0.213. The quantitative estimate of drug-likeness (QED) is 0.820. The number of amides is 1. The summed E-state index contributed by atoms with van der Waals surface area (Å²) in [6.45, 7) is 5.40. The molecule has 23 heavy (non-hydrogen) atoms. The first-order valence-electron chi connectivity index (χ1n) is 7.19. The third-order valence-electron chi connectivity index (χ3n) is 3.11. The highest BCUT2D eigenvalue weighted by molar-refractivity contribution is 6.30. The molecule has 0 saturated heterocycles. The standard InChI is InChI=1S/C16H18ClN3O3/c1-9(2)14-18-8-13(20-14)16(22)23-10(3)15(21)19-12-6-4-5-11(17)7-12/h4-10H,1-3H3,(H,18,20)(H,19,21)/t10-/m1/s1. The number of halogens is 1. The molecule has 0 unspecified atom stereocenters. The van der Waals surface area contributed by atoms with Crippen LogP contribution in [-0.4, -0.2) is 27.9 Å². The highest BCUT2D eigenvalue weighted by Crippen LogP contribution is 2.16. The number of hydrogen-bond acceptors (Lipinski definition) is 4. The zero-order valence-electron chi connectivity index (χ0n) is 13.1. The number of carbonyl (C=O) groups is 2. The molecule has 2 N–H and O–H groups in total. The van der Waals surface area contributed by atoms with Crippen molar-refractivity contribution < 1.29 is 14.3 Å². The maximum atomic E-state index is 12.0. The van der Waals surface area contributed by atoms with E-state index in [9.17, 15) is 9.59 Å². The van der Waals surface area contributed by atoms with Crippen LogP contribution >= 0.6 is 11.6 Å². The summed E-state index contributed by atoms with van der Waals surface area (Å²) in [4.78, 5) is 31.0. The number of benzene rings is 1. The van der Waals surface area contributed by atoms with Gasteiger partial charge in [0.25, 0.3) is 5.91 Å². The van der Waals surface area contributed by atoms with Crippen LogP contribution < -0.4 is 5.32 Å². The Morgan fingerprint density at radius 2 is 2.04 bits per heavy atom. The van der Waals surface area contributed by atoms with Crippen LogP contribution in [0.4, 0.5) is 5.69 Å². The van der Waals surface area contributed by atoms with Gasteiger partial charge in [-0.3, -0.25) is 4.79 Å². The molecular formula is C16H18ClN3O3. The van der Waals surface area contributed by atoms with E-state index in [2.05, 4.69) is 15.3 Å². The van der Waals surface area contributed by atoms with Crippen LogP contribution in [0.25, 0.3) is 0 Å². The lowest BCUT2D eigenvalue weighted by atomic mass is 10.2. The fourth-order valence-electron chi connectivity index (χ4n) is 1.82. The van der Waals surface area contributed by atoms with Crippen LogP contribution in [0, 0.1) is 0 Å². The molecule has 2 rings (SSSR count). The Hall–Kier alpha value is -2.34. The number of rotatable bonds is 5. The van der Waals surface area contributed by atoms with Gasteiger partial charge in [0.15, 0.2) is 6.10 Å². The normalized spacial score (nSPS) is 12.0. The van der Waals surface area contributed by atoms with Gasteiger partial charge in [-0.25, -0.2) is 9.78 Å². The summed E-state index contributed by atoms with van der Waals surface area (Å²) in [6, 6.07) is 6.72. The van der Waals surface area contributed by atoms with Crippen molar-refractivity contribution in [3.8, 4) is 0 Å². The van der Waals surface area contributed by atoms with E-state index in [1.165, 1.54) is 13.1 Å². The van der Waals surface area contributed by atoms with Crippen LogP contribution in [0.1, 0.15) is 43.0 Å². The summed E-state index contributed by atoms with van der Waals surface area (Å²) < 4.78 is 5.14. The number of hydrogen-bond donors (Lipinski definition) is 2. The predicted molar refractivity (Wildman–Crippen MR) is 87.6 cm³/mol. The molecule has 2 aromatic rings. The Bertz CT molecular complexity index is 712. The summed E-state index contributed by atoms with van der Waals surface area (Å²) in [5, 5.41) is 3.14. The summed E-state index contributed by atoms with van der Waals surface area (Å²) in [5.41, 5.74) is 0.755. The molecule has 0 aliphatic heterocycles. The number of carbonyl (C=O) groups excluding carboxylic acids is 2. The summed E-state index contributed by atoms with van der Waals surface area (Å²) in [7, 11) is 0. The van der Waals surface area contributed by atoms with Gasteiger partial charge in [0.05, 0.1) is 6.20 Å². The topological polar surface area (TPSA) is 84.1 Å². The molecule has 0 saturated carbocycles. The summed E-state index contributed by atoms with van der Waals surface area (Å²) in [6.07, 6.45) is 0.450. The number of ether oxygens (including phenoxy) is 1. The zero-order chi connectivity index (χ0) is 17.0. The average Bonchev–Trinajstić information content (AvgIpc) is 2.97. The number of aromatic nitrogens is 2. The minimum atomic E-state index is -0.952. The molecule has 1 amide bonds. The van der Waals surface area contributed by atoms with Crippen molar-refractivity contribution in [1.29, 1.82) is 0 Å². The van der Waals surface area contributed by atoms with Crippen molar-refractivity contribution in [2.75, 3.05) is 5.32 Å². The number of imidazole rings is 1. The maximum absolute atomic E-state index is 12.0. The van der Waals surface area contributed by atoms with Gasteiger partial charge in [-0.15, -0.1) is 0 Å². The van der Waals surface area contributed by atoms with Gasteiger partial charge in [-0.1, -0.05) is 31.5 Å². The first-order chi connectivity index (χ1) is 10.9. The Labute approximate surface area is 139 Å². The fraction of sp³-hybridized carbons (Fsp3) is 0.312. The van der Waals surface area contributed by atoms with E-state index >= 15 is 0 Å². The van der Waals surface area contributed by atoms with Gasteiger partial charge in [0.2, 0.25) is 0 Å². The van der Waals surface area contributed by atoms with Crippen LogP contribution in [-0.2, 0) is 9.53 Å². The SMILES string of the molecule is CC(C)c1ncc(C(=O)O[C@H](C)C(=O)Nc2cccc(Cl)c2)[nH]1.